The Hall–Kier alpha value is -2.17. The summed E-state index contributed by atoms with van der Waals surface area (Å²) in [7, 11) is 0. The van der Waals surface area contributed by atoms with Crippen LogP contribution in [-0.4, -0.2) is 21.6 Å². The maximum atomic E-state index is 13.4. The van der Waals surface area contributed by atoms with Crippen LogP contribution in [0.15, 0.2) is 24.3 Å². The highest BCUT2D eigenvalue weighted by atomic mass is 19.1. The molecule has 0 radical (unpaired) electrons. The summed E-state index contributed by atoms with van der Waals surface area (Å²) in [6.07, 6.45) is 1.77. The summed E-state index contributed by atoms with van der Waals surface area (Å²) in [4.78, 5) is 8.79. The van der Waals surface area contributed by atoms with Crippen LogP contribution in [0, 0.1) is 5.82 Å². The van der Waals surface area contributed by atoms with E-state index in [4.69, 9.17) is 0 Å². The van der Waals surface area contributed by atoms with Crippen LogP contribution < -0.4 is 5.32 Å². The molecule has 0 bridgehead atoms. The molecule has 5 heteroatoms. The Bertz CT molecular complexity index is 602. The number of hydrogen-bond acceptors (Lipinski definition) is 4. The molecule has 2 N–H and O–H groups in total. The molecule has 0 spiro atoms. The lowest BCUT2D eigenvalue weighted by molar-refractivity contribution is 0.432. The Morgan fingerprint density at radius 1 is 1.20 bits per heavy atom. The van der Waals surface area contributed by atoms with E-state index in [0.29, 0.717) is 11.4 Å². The van der Waals surface area contributed by atoms with Crippen molar-refractivity contribution in [2.24, 2.45) is 0 Å². The first kappa shape index (κ1) is 14.2. The van der Waals surface area contributed by atoms with Gasteiger partial charge in [-0.3, -0.25) is 0 Å². The van der Waals surface area contributed by atoms with Gasteiger partial charge in [0, 0.05) is 23.9 Å². The SMILES string of the molecule is CCCNc1cc(CC)nc(-c2ccc(O)c(F)c2)n1. The first-order chi connectivity index (χ1) is 9.63. The summed E-state index contributed by atoms with van der Waals surface area (Å²) < 4.78 is 13.4. The summed E-state index contributed by atoms with van der Waals surface area (Å²) in [5, 5.41) is 12.4. The number of aromatic hydroxyl groups is 1. The molecule has 0 aliphatic carbocycles. The lowest BCUT2D eigenvalue weighted by Gasteiger charge is -2.09. The number of aryl methyl sites for hydroxylation is 1. The molecule has 0 saturated heterocycles. The molecule has 20 heavy (non-hydrogen) atoms. The summed E-state index contributed by atoms with van der Waals surface area (Å²) in [6.45, 7) is 4.90. The van der Waals surface area contributed by atoms with Gasteiger partial charge >= 0.3 is 0 Å². The molecule has 1 aromatic heterocycles. The van der Waals surface area contributed by atoms with Gasteiger partial charge < -0.3 is 10.4 Å². The molecule has 4 nitrogen and oxygen atoms in total. The molecular weight excluding hydrogens is 257 g/mol. The van der Waals surface area contributed by atoms with Crippen LogP contribution in [0.1, 0.15) is 26.0 Å². The second-order valence-electron chi connectivity index (χ2n) is 4.51. The lowest BCUT2D eigenvalue weighted by atomic mass is 10.2. The van der Waals surface area contributed by atoms with Crippen molar-refractivity contribution in [2.45, 2.75) is 26.7 Å². The highest BCUT2D eigenvalue weighted by Crippen LogP contribution is 2.23. The van der Waals surface area contributed by atoms with Crippen LogP contribution >= 0.6 is 0 Å². The number of benzene rings is 1. The lowest BCUT2D eigenvalue weighted by Crippen LogP contribution is -2.05. The van der Waals surface area contributed by atoms with Gasteiger partial charge in [0.1, 0.15) is 5.82 Å². The second-order valence-corrected chi connectivity index (χ2v) is 4.51. The summed E-state index contributed by atoms with van der Waals surface area (Å²) >= 11 is 0. The quantitative estimate of drug-likeness (QED) is 0.878. The summed E-state index contributed by atoms with van der Waals surface area (Å²) in [5.74, 6) is 0.157. The Morgan fingerprint density at radius 2 is 2.00 bits per heavy atom. The van der Waals surface area contributed by atoms with E-state index < -0.39 is 5.82 Å². The summed E-state index contributed by atoms with van der Waals surface area (Å²) in [6, 6.07) is 6.06. The van der Waals surface area contributed by atoms with E-state index >= 15 is 0 Å². The van der Waals surface area contributed by atoms with Crippen LogP contribution in [-0.2, 0) is 6.42 Å². The van der Waals surface area contributed by atoms with Crippen molar-refractivity contribution < 1.29 is 9.50 Å². The van der Waals surface area contributed by atoms with Gasteiger partial charge in [0.05, 0.1) is 0 Å². The van der Waals surface area contributed by atoms with Crippen LogP contribution in [0.4, 0.5) is 10.2 Å². The third kappa shape index (κ3) is 3.23. The fraction of sp³-hybridized carbons (Fsp3) is 0.333. The van der Waals surface area contributed by atoms with Crippen molar-refractivity contribution >= 4 is 5.82 Å². The van der Waals surface area contributed by atoms with Crippen molar-refractivity contribution in [1.29, 1.82) is 0 Å². The molecule has 2 rings (SSSR count). The number of rotatable bonds is 5. The molecule has 0 atom stereocenters. The van der Waals surface area contributed by atoms with Crippen LogP contribution in [0.25, 0.3) is 11.4 Å². The zero-order chi connectivity index (χ0) is 14.5. The average molecular weight is 275 g/mol. The maximum Gasteiger partial charge on any atom is 0.165 e. The number of anilines is 1. The molecule has 0 aliphatic heterocycles. The molecule has 1 heterocycles. The fourth-order valence-corrected chi connectivity index (χ4v) is 1.80. The van der Waals surface area contributed by atoms with Crippen LogP contribution in [0.3, 0.4) is 0 Å². The predicted octanol–water partition coefficient (Wildman–Crippen LogP) is 3.37. The van der Waals surface area contributed by atoms with E-state index in [1.807, 2.05) is 13.0 Å². The molecule has 1 aromatic carbocycles. The van der Waals surface area contributed by atoms with E-state index in [2.05, 4.69) is 22.2 Å². The maximum absolute atomic E-state index is 13.4. The highest BCUT2D eigenvalue weighted by molar-refractivity contribution is 5.59. The smallest absolute Gasteiger partial charge is 0.165 e. The third-order valence-electron chi connectivity index (χ3n) is 2.90. The number of halogens is 1. The predicted molar refractivity (Wildman–Crippen MR) is 77.2 cm³/mol. The Kier molecular flexibility index (Phi) is 4.50. The Morgan fingerprint density at radius 3 is 2.65 bits per heavy atom. The van der Waals surface area contributed by atoms with Crippen molar-refractivity contribution in [3.05, 3.63) is 35.8 Å². The van der Waals surface area contributed by atoms with Gasteiger partial charge in [0.15, 0.2) is 17.4 Å². The molecule has 0 fully saturated rings. The Balaban J connectivity index is 2.41. The highest BCUT2D eigenvalue weighted by Gasteiger charge is 2.09. The van der Waals surface area contributed by atoms with Crippen molar-refractivity contribution in [1.82, 2.24) is 9.97 Å². The molecule has 2 aromatic rings. The molecule has 0 amide bonds. The first-order valence-electron chi connectivity index (χ1n) is 6.74. The van der Waals surface area contributed by atoms with Crippen LogP contribution in [0.2, 0.25) is 0 Å². The van der Waals surface area contributed by atoms with E-state index in [0.717, 1.165) is 30.9 Å². The van der Waals surface area contributed by atoms with Crippen molar-refractivity contribution in [3.8, 4) is 17.1 Å². The van der Waals surface area contributed by atoms with Gasteiger partial charge in [-0.1, -0.05) is 13.8 Å². The van der Waals surface area contributed by atoms with Gasteiger partial charge in [-0.25, -0.2) is 14.4 Å². The van der Waals surface area contributed by atoms with E-state index in [1.165, 1.54) is 12.1 Å². The van der Waals surface area contributed by atoms with E-state index in [-0.39, 0.29) is 5.75 Å². The largest absolute Gasteiger partial charge is 0.505 e. The van der Waals surface area contributed by atoms with E-state index in [9.17, 15) is 9.50 Å². The number of phenols is 1. The second kappa shape index (κ2) is 6.32. The molecule has 0 saturated carbocycles. The van der Waals surface area contributed by atoms with Gasteiger partial charge in [-0.05, 0) is 31.0 Å². The first-order valence-corrected chi connectivity index (χ1v) is 6.74. The van der Waals surface area contributed by atoms with Gasteiger partial charge in [-0.2, -0.15) is 0 Å². The standard InChI is InChI=1S/C15H18FN3O/c1-3-7-17-14-9-11(4-2)18-15(19-14)10-5-6-13(20)12(16)8-10/h5-6,8-9,20H,3-4,7H2,1-2H3,(H,17,18,19). The zero-order valence-electron chi connectivity index (χ0n) is 11.7. The van der Waals surface area contributed by atoms with Gasteiger partial charge in [0.2, 0.25) is 0 Å². The molecule has 0 unspecified atom stereocenters. The average Bonchev–Trinajstić information content (AvgIpc) is 2.47. The van der Waals surface area contributed by atoms with Gasteiger partial charge in [-0.15, -0.1) is 0 Å². The van der Waals surface area contributed by atoms with Gasteiger partial charge in [0.25, 0.3) is 0 Å². The number of aromatic nitrogens is 2. The Labute approximate surface area is 117 Å². The minimum Gasteiger partial charge on any atom is -0.505 e. The molecular formula is C15H18FN3O. The van der Waals surface area contributed by atoms with E-state index in [1.54, 1.807) is 6.07 Å². The summed E-state index contributed by atoms with van der Waals surface area (Å²) in [5.41, 5.74) is 1.44. The van der Waals surface area contributed by atoms with Crippen molar-refractivity contribution in [2.75, 3.05) is 11.9 Å². The number of phenolic OH excluding ortho intramolecular Hbond substituents is 1. The number of hydrogen-bond donors (Lipinski definition) is 2. The molecule has 106 valence electrons. The minimum absolute atomic E-state index is 0.371. The topological polar surface area (TPSA) is 58.0 Å². The molecule has 0 aliphatic rings. The monoisotopic (exact) mass is 275 g/mol. The third-order valence-corrected chi connectivity index (χ3v) is 2.90. The van der Waals surface area contributed by atoms with Crippen LogP contribution in [0.5, 0.6) is 5.75 Å². The number of nitrogens with one attached hydrogen (secondary N) is 1. The minimum atomic E-state index is -0.670. The normalized spacial score (nSPS) is 10.6. The fourth-order valence-electron chi connectivity index (χ4n) is 1.80. The number of nitrogens with zero attached hydrogens (tertiary/aromatic N) is 2. The zero-order valence-corrected chi connectivity index (χ0v) is 11.7. The van der Waals surface area contributed by atoms with Crippen molar-refractivity contribution in [3.63, 3.8) is 0 Å².